The summed E-state index contributed by atoms with van der Waals surface area (Å²) in [4.78, 5) is 20.4. The summed E-state index contributed by atoms with van der Waals surface area (Å²) >= 11 is 0. The summed E-state index contributed by atoms with van der Waals surface area (Å²) in [6.45, 7) is 4.00. The molecular formula is C24H27FN4O2. The van der Waals surface area contributed by atoms with Crippen LogP contribution in [0.1, 0.15) is 49.3 Å². The maximum Gasteiger partial charge on any atom is 0.247 e. The lowest BCUT2D eigenvalue weighted by Crippen LogP contribution is -2.02. The summed E-state index contributed by atoms with van der Waals surface area (Å²) in [6.07, 6.45) is 6.94. The topological polar surface area (TPSA) is 87.7 Å². The molecule has 5 rings (SSSR count). The van der Waals surface area contributed by atoms with Gasteiger partial charge in [-0.1, -0.05) is 24.1 Å². The Morgan fingerprint density at radius 3 is 2.26 bits per heavy atom. The molecule has 162 valence electrons. The van der Waals surface area contributed by atoms with Crippen LogP contribution in [0.5, 0.6) is 0 Å². The van der Waals surface area contributed by atoms with Gasteiger partial charge in [-0.25, -0.2) is 4.39 Å². The quantitative estimate of drug-likeness (QED) is 0.605. The number of H-pyrrole nitrogens is 1. The number of benzene rings is 2. The number of fused-ring (bicyclic) bond motifs is 2. The highest BCUT2D eigenvalue weighted by Gasteiger charge is 2.24. The van der Waals surface area contributed by atoms with Gasteiger partial charge in [-0.2, -0.15) is 4.98 Å². The Hall–Kier alpha value is -3.79. The SMILES string of the molecule is C=O.C=O.Fc1ccccc1C#Cc1nc(Nc2c3c(cc4c2CCC4)CCC3)n[nH]1.[HH].[HH]. The minimum absolute atomic E-state index is 0. The summed E-state index contributed by atoms with van der Waals surface area (Å²) in [7, 11) is 0. The molecule has 3 aromatic rings. The molecule has 2 N–H and O–H groups in total. The second-order valence-electron chi connectivity index (χ2n) is 7.10. The maximum atomic E-state index is 13.7. The monoisotopic (exact) mass is 422 g/mol. The number of hydrogen-bond donors (Lipinski definition) is 2. The van der Waals surface area contributed by atoms with Gasteiger partial charge in [0.15, 0.2) is 0 Å². The van der Waals surface area contributed by atoms with Crippen LogP contribution in [0.3, 0.4) is 0 Å². The number of hydrogen-bond acceptors (Lipinski definition) is 5. The van der Waals surface area contributed by atoms with Gasteiger partial charge in [0.1, 0.15) is 19.4 Å². The minimum atomic E-state index is -0.335. The highest BCUT2D eigenvalue weighted by Crippen LogP contribution is 2.39. The predicted molar refractivity (Wildman–Crippen MR) is 121 cm³/mol. The van der Waals surface area contributed by atoms with E-state index in [1.165, 1.54) is 46.8 Å². The zero-order valence-electron chi connectivity index (χ0n) is 17.1. The largest absolute Gasteiger partial charge is 0.322 e. The molecule has 2 aromatic carbocycles. The van der Waals surface area contributed by atoms with E-state index in [4.69, 9.17) is 9.59 Å². The van der Waals surface area contributed by atoms with Crippen molar-refractivity contribution in [3.63, 3.8) is 0 Å². The van der Waals surface area contributed by atoms with Crippen molar-refractivity contribution in [2.45, 2.75) is 38.5 Å². The number of carbonyl (C=O) groups excluding carboxylic acids is 2. The van der Waals surface area contributed by atoms with Crippen molar-refractivity contribution in [3.05, 3.63) is 69.8 Å². The Morgan fingerprint density at radius 2 is 1.61 bits per heavy atom. The van der Waals surface area contributed by atoms with E-state index in [1.807, 2.05) is 13.6 Å². The van der Waals surface area contributed by atoms with Crippen molar-refractivity contribution in [3.8, 4) is 11.8 Å². The number of aromatic amines is 1. The third-order valence-electron chi connectivity index (χ3n) is 5.38. The van der Waals surface area contributed by atoms with Gasteiger partial charge in [0.05, 0.1) is 5.56 Å². The van der Waals surface area contributed by atoms with Crippen LogP contribution in [0.25, 0.3) is 0 Å². The number of nitrogens with one attached hydrogen (secondary N) is 2. The van der Waals surface area contributed by atoms with Gasteiger partial charge < -0.3 is 14.9 Å². The second kappa shape index (κ2) is 10.3. The summed E-state index contributed by atoms with van der Waals surface area (Å²) in [5.74, 6) is 6.26. The predicted octanol–water partition coefficient (Wildman–Crippen LogP) is 4.19. The molecule has 0 aliphatic heterocycles. The van der Waals surface area contributed by atoms with E-state index in [0.717, 1.165) is 25.7 Å². The fourth-order valence-corrected chi connectivity index (χ4v) is 4.14. The van der Waals surface area contributed by atoms with E-state index < -0.39 is 0 Å². The zero-order chi connectivity index (χ0) is 22.2. The Morgan fingerprint density at radius 1 is 0.968 bits per heavy atom. The van der Waals surface area contributed by atoms with E-state index in [-0.39, 0.29) is 8.67 Å². The highest BCUT2D eigenvalue weighted by molar-refractivity contribution is 5.69. The molecule has 0 radical (unpaired) electrons. The smallest absolute Gasteiger partial charge is 0.247 e. The number of carbonyl (C=O) groups is 2. The Bertz CT molecular complexity index is 1110. The third-order valence-corrected chi connectivity index (χ3v) is 5.38. The van der Waals surface area contributed by atoms with E-state index in [0.29, 0.717) is 17.3 Å². The van der Waals surface area contributed by atoms with Crippen molar-refractivity contribution in [2.75, 3.05) is 5.32 Å². The van der Waals surface area contributed by atoms with E-state index in [1.54, 1.807) is 18.2 Å². The Balaban J connectivity index is 0.000000863. The molecule has 0 saturated carbocycles. The lowest BCUT2D eigenvalue weighted by Gasteiger charge is -2.14. The van der Waals surface area contributed by atoms with E-state index in [2.05, 4.69) is 38.4 Å². The molecule has 2 aliphatic carbocycles. The Kier molecular flexibility index (Phi) is 7.28. The molecule has 1 heterocycles. The van der Waals surface area contributed by atoms with Gasteiger partial charge in [-0.15, -0.1) is 5.10 Å². The molecule has 0 unspecified atom stereocenters. The first-order valence-electron chi connectivity index (χ1n) is 9.98. The standard InChI is InChI=1S/C22H19FN4.2CH2O.2H2/c23-19-10-2-1-5-14(19)11-12-20-24-22(27-26-20)25-21-17-8-3-6-15(17)13-16-7-4-9-18(16)21;2*1-2;;/h1-2,5,10,13H,3-4,6-9H2,(H2,24,25,26,27);2*1H2;2*1H. The molecule has 0 bridgehead atoms. The minimum Gasteiger partial charge on any atom is -0.322 e. The first-order chi connectivity index (χ1) is 15.3. The molecule has 0 atom stereocenters. The first-order valence-corrected chi connectivity index (χ1v) is 9.98. The average Bonchev–Trinajstić information content (AvgIpc) is 3.57. The summed E-state index contributed by atoms with van der Waals surface area (Å²) in [6, 6.07) is 8.85. The normalized spacial score (nSPS) is 12.8. The van der Waals surface area contributed by atoms with Crippen LogP contribution < -0.4 is 5.32 Å². The number of aromatic nitrogens is 3. The molecular weight excluding hydrogens is 395 g/mol. The van der Waals surface area contributed by atoms with Crippen LogP contribution in [0.15, 0.2) is 30.3 Å². The molecule has 1 aromatic heterocycles. The molecule has 7 heteroatoms. The van der Waals surface area contributed by atoms with Crippen molar-refractivity contribution in [1.82, 2.24) is 15.2 Å². The summed E-state index contributed by atoms with van der Waals surface area (Å²) in [5, 5.41) is 10.5. The molecule has 6 nitrogen and oxygen atoms in total. The first kappa shape index (κ1) is 21.9. The van der Waals surface area contributed by atoms with Gasteiger partial charge >= 0.3 is 0 Å². The maximum absolute atomic E-state index is 13.7. The number of nitrogens with zero attached hydrogens (tertiary/aromatic N) is 2. The van der Waals surface area contributed by atoms with Crippen molar-refractivity contribution in [2.24, 2.45) is 0 Å². The summed E-state index contributed by atoms with van der Waals surface area (Å²) < 4.78 is 13.7. The molecule has 0 amide bonds. The second-order valence-corrected chi connectivity index (χ2v) is 7.10. The molecule has 0 spiro atoms. The molecule has 0 fully saturated rings. The van der Waals surface area contributed by atoms with Crippen LogP contribution in [-0.2, 0) is 35.3 Å². The van der Waals surface area contributed by atoms with Crippen LogP contribution in [-0.4, -0.2) is 28.8 Å². The molecule has 31 heavy (non-hydrogen) atoms. The van der Waals surface area contributed by atoms with Gasteiger partial charge in [0.25, 0.3) is 0 Å². The van der Waals surface area contributed by atoms with E-state index in [9.17, 15) is 4.39 Å². The van der Waals surface area contributed by atoms with Gasteiger partial charge in [-0.05, 0) is 78.8 Å². The fraction of sp³-hybridized carbons (Fsp3) is 0.250. The van der Waals surface area contributed by atoms with Crippen molar-refractivity contribution in [1.29, 1.82) is 0 Å². The average molecular weight is 423 g/mol. The lowest BCUT2D eigenvalue weighted by atomic mass is 9.99. The number of anilines is 2. The summed E-state index contributed by atoms with van der Waals surface area (Å²) in [5.41, 5.74) is 7.31. The fourth-order valence-electron chi connectivity index (χ4n) is 4.14. The van der Waals surface area contributed by atoms with Crippen LogP contribution in [0.2, 0.25) is 0 Å². The molecule has 0 saturated heterocycles. The van der Waals surface area contributed by atoms with E-state index >= 15 is 0 Å². The molecule has 2 aliphatic rings. The number of aryl methyl sites for hydroxylation is 2. The Labute approximate surface area is 183 Å². The number of rotatable bonds is 2. The van der Waals surface area contributed by atoms with Crippen molar-refractivity contribution < 1.29 is 16.8 Å². The van der Waals surface area contributed by atoms with Crippen molar-refractivity contribution >= 4 is 25.2 Å². The zero-order valence-corrected chi connectivity index (χ0v) is 17.1. The highest BCUT2D eigenvalue weighted by atomic mass is 19.1. The van der Waals surface area contributed by atoms with Gasteiger partial charge in [0.2, 0.25) is 11.8 Å². The van der Waals surface area contributed by atoms with Crippen LogP contribution in [0, 0.1) is 17.7 Å². The van der Waals surface area contributed by atoms with Gasteiger partial charge in [0, 0.05) is 8.54 Å². The van der Waals surface area contributed by atoms with Crippen LogP contribution in [0.4, 0.5) is 16.0 Å². The number of halogens is 1. The van der Waals surface area contributed by atoms with Gasteiger partial charge in [-0.3, -0.25) is 5.10 Å². The lowest BCUT2D eigenvalue weighted by molar-refractivity contribution is -0.0987. The third kappa shape index (κ3) is 4.69. The van der Waals surface area contributed by atoms with Crippen LogP contribution >= 0.6 is 0 Å².